The molecule has 1 saturated heterocycles. The number of likely N-dealkylation sites (tertiary alicyclic amines) is 1. The van der Waals surface area contributed by atoms with Gasteiger partial charge < -0.3 is 16.4 Å². The Morgan fingerprint density at radius 3 is 2.83 bits per heavy atom. The van der Waals surface area contributed by atoms with E-state index in [2.05, 4.69) is 20.5 Å². The molecule has 7 nitrogen and oxygen atoms in total. The van der Waals surface area contributed by atoms with Gasteiger partial charge in [-0.3, -0.25) is 14.5 Å². The van der Waals surface area contributed by atoms with Crippen molar-refractivity contribution in [2.45, 2.75) is 44.8 Å². The van der Waals surface area contributed by atoms with Crippen LogP contribution in [0.4, 0.5) is 13.9 Å². The van der Waals surface area contributed by atoms with Crippen molar-refractivity contribution in [3.05, 3.63) is 46.5 Å². The first-order chi connectivity index (χ1) is 14.4. The maximum absolute atomic E-state index is 13.6. The van der Waals surface area contributed by atoms with E-state index in [4.69, 9.17) is 5.73 Å². The average Bonchev–Trinajstić information content (AvgIpc) is 3.37. The number of halogens is 2. The lowest BCUT2D eigenvalue weighted by Gasteiger charge is -2.25. The molecule has 1 aliphatic heterocycles. The van der Waals surface area contributed by atoms with Gasteiger partial charge in [0.25, 0.3) is 0 Å². The van der Waals surface area contributed by atoms with E-state index in [0.29, 0.717) is 10.7 Å². The van der Waals surface area contributed by atoms with E-state index in [1.54, 1.807) is 6.20 Å². The molecule has 2 atom stereocenters. The third-order valence-corrected chi connectivity index (χ3v) is 5.96. The second kappa shape index (κ2) is 9.94. The van der Waals surface area contributed by atoms with Gasteiger partial charge in [-0.1, -0.05) is 13.0 Å². The standard InChI is InChI=1S/C20H25F2N5O2S/c1-2-27-7-3-4-17(27)19(29)26-16(9-12-5-6-14(21)15(22)8-12)18(28)24-10-13-11-25-20(23)30-13/h5-6,8,11,16-17H,2-4,7,9-10H2,1H3,(H2,23,25)(H,24,28)(H,26,29)/t16-,17+/m0/s1. The van der Waals surface area contributed by atoms with Gasteiger partial charge in [0.05, 0.1) is 12.6 Å². The van der Waals surface area contributed by atoms with Gasteiger partial charge in [0.2, 0.25) is 11.8 Å². The van der Waals surface area contributed by atoms with Crippen LogP contribution in [0.5, 0.6) is 0 Å². The van der Waals surface area contributed by atoms with Crippen LogP contribution in [-0.2, 0) is 22.6 Å². The number of hydrogen-bond acceptors (Lipinski definition) is 6. The van der Waals surface area contributed by atoms with Crippen LogP contribution in [-0.4, -0.2) is 46.9 Å². The second-order valence-electron chi connectivity index (χ2n) is 7.18. The maximum Gasteiger partial charge on any atom is 0.243 e. The SMILES string of the molecule is CCN1CCC[C@@H]1C(=O)N[C@@H](Cc1ccc(F)c(F)c1)C(=O)NCc1cnc(N)s1. The van der Waals surface area contributed by atoms with Crippen molar-refractivity contribution in [3.8, 4) is 0 Å². The van der Waals surface area contributed by atoms with Gasteiger partial charge in [0.15, 0.2) is 16.8 Å². The van der Waals surface area contributed by atoms with Crippen molar-refractivity contribution < 1.29 is 18.4 Å². The van der Waals surface area contributed by atoms with Gasteiger partial charge >= 0.3 is 0 Å². The summed E-state index contributed by atoms with van der Waals surface area (Å²) in [5, 5.41) is 5.96. The van der Waals surface area contributed by atoms with E-state index in [1.165, 1.54) is 17.4 Å². The molecule has 1 aromatic heterocycles. The lowest BCUT2D eigenvalue weighted by Crippen LogP contribution is -2.53. The molecule has 4 N–H and O–H groups in total. The van der Waals surface area contributed by atoms with E-state index in [1.807, 2.05) is 6.92 Å². The number of amides is 2. The smallest absolute Gasteiger partial charge is 0.243 e. The fourth-order valence-corrected chi connectivity index (χ4v) is 4.21. The number of benzene rings is 1. The highest BCUT2D eigenvalue weighted by Gasteiger charge is 2.32. The van der Waals surface area contributed by atoms with Crippen LogP contribution in [0, 0.1) is 11.6 Å². The Labute approximate surface area is 177 Å². The summed E-state index contributed by atoms with van der Waals surface area (Å²) in [5.41, 5.74) is 6.01. The molecular formula is C20H25F2N5O2S. The number of aromatic nitrogens is 1. The first-order valence-corrected chi connectivity index (χ1v) is 10.6. The van der Waals surface area contributed by atoms with Crippen LogP contribution in [0.25, 0.3) is 0 Å². The molecule has 0 saturated carbocycles. The van der Waals surface area contributed by atoms with Crippen molar-refractivity contribution in [3.63, 3.8) is 0 Å². The highest BCUT2D eigenvalue weighted by molar-refractivity contribution is 7.15. The third kappa shape index (κ3) is 5.51. The number of thiazole rings is 1. The number of carbonyl (C=O) groups is 2. The number of likely N-dealkylation sites (N-methyl/N-ethyl adjacent to an activating group) is 1. The van der Waals surface area contributed by atoms with E-state index < -0.39 is 23.6 Å². The number of rotatable bonds is 8. The zero-order valence-electron chi connectivity index (χ0n) is 16.7. The van der Waals surface area contributed by atoms with E-state index >= 15 is 0 Å². The first-order valence-electron chi connectivity index (χ1n) is 9.83. The molecule has 3 rings (SSSR count). The molecule has 2 aromatic rings. The van der Waals surface area contributed by atoms with Crippen LogP contribution >= 0.6 is 11.3 Å². The molecule has 2 amide bonds. The Morgan fingerprint density at radius 1 is 1.37 bits per heavy atom. The Kier molecular flexibility index (Phi) is 7.33. The summed E-state index contributed by atoms with van der Waals surface area (Å²) < 4.78 is 26.9. The van der Waals surface area contributed by atoms with Crippen molar-refractivity contribution in [1.29, 1.82) is 0 Å². The van der Waals surface area contributed by atoms with Crippen LogP contribution in [0.2, 0.25) is 0 Å². The molecule has 1 aromatic carbocycles. The molecule has 1 fully saturated rings. The Bertz CT molecular complexity index is 907. The van der Waals surface area contributed by atoms with Crippen molar-refractivity contribution in [2.75, 3.05) is 18.8 Å². The summed E-state index contributed by atoms with van der Waals surface area (Å²) in [6.07, 6.45) is 3.25. The molecule has 0 aliphatic carbocycles. The summed E-state index contributed by atoms with van der Waals surface area (Å²) in [7, 11) is 0. The predicted octanol–water partition coefficient (Wildman–Crippen LogP) is 1.83. The second-order valence-corrected chi connectivity index (χ2v) is 8.33. The summed E-state index contributed by atoms with van der Waals surface area (Å²) in [5.74, 6) is -2.61. The zero-order valence-corrected chi connectivity index (χ0v) is 17.5. The van der Waals surface area contributed by atoms with E-state index in [9.17, 15) is 18.4 Å². The minimum absolute atomic E-state index is 0.0401. The summed E-state index contributed by atoms with van der Waals surface area (Å²) in [4.78, 5) is 32.4. The summed E-state index contributed by atoms with van der Waals surface area (Å²) in [6, 6.07) is 2.24. The molecule has 0 spiro atoms. The molecule has 1 aliphatic rings. The number of carbonyl (C=O) groups excluding carboxylic acids is 2. The lowest BCUT2D eigenvalue weighted by atomic mass is 10.0. The van der Waals surface area contributed by atoms with Crippen molar-refractivity contribution in [1.82, 2.24) is 20.5 Å². The fourth-order valence-electron chi connectivity index (χ4n) is 3.58. The van der Waals surface area contributed by atoms with Gasteiger partial charge in [-0.25, -0.2) is 13.8 Å². The van der Waals surface area contributed by atoms with Gasteiger partial charge in [-0.05, 0) is 43.6 Å². The topological polar surface area (TPSA) is 100 Å². The van der Waals surface area contributed by atoms with Crippen LogP contribution in [0.15, 0.2) is 24.4 Å². The van der Waals surface area contributed by atoms with Gasteiger partial charge in [-0.15, -0.1) is 11.3 Å². The number of nitrogens with one attached hydrogen (secondary N) is 2. The number of nitrogens with zero attached hydrogens (tertiary/aromatic N) is 2. The third-order valence-electron chi connectivity index (χ3n) is 5.14. The summed E-state index contributed by atoms with van der Waals surface area (Å²) >= 11 is 1.25. The van der Waals surface area contributed by atoms with Crippen LogP contribution in [0.1, 0.15) is 30.2 Å². The average molecular weight is 438 g/mol. The number of anilines is 1. The highest BCUT2D eigenvalue weighted by atomic mass is 32.1. The maximum atomic E-state index is 13.6. The molecule has 0 radical (unpaired) electrons. The summed E-state index contributed by atoms with van der Waals surface area (Å²) in [6.45, 7) is 3.77. The largest absolute Gasteiger partial charge is 0.375 e. The molecule has 0 bridgehead atoms. The van der Waals surface area contributed by atoms with Crippen LogP contribution < -0.4 is 16.4 Å². The molecule has 2 heterocycles. The molecule has 30 heavy (non-hydrogen) atoms. The van der Waals surface area contributed by atoms with Gasteiger partial charge in [0.1, 0.15) is 6.04 Å². The minimum atomic E-state index is -0.994. The predicted molar refractivity (Wildman–Crippen MR) is 111 cm³/mol. The molecule has 162 valence electrons. The van der Waals surface area contributed by atoms with Crippen molar-refractivity contribution in [2.24, 2.45) is 0 Å². The Balaban J connectivity index is 1.71. The van der Waals surface area contributed by atoms with Crippen LogP contribution in [0.3, 0.4) is 0 Å². The fraction of sp³-hybridized carbons (Fsp3) is 0.450. The normalized spacial score (nSPS) is 17.6. The number of hydrogen-bond donors (Lipinski definition) is 3. The van der Waals surface area contributed by atoms with E-state index in [-0.39, 0.29) is 24.9 Å². The van der Waals surface area contributed by atoms with Gasteiger partial charge in [-0.2, -0.15) is 0 Å². The first kappa shape index (κ1) is 22.1. The highest BCUT2D eigenvalue weighted by Crippen LogP contribution is 2.18. The monoisotopic (exact) mass is 437 g/mol. The Hall–Kier alpha value is -2.59. The van der Waals surface area contributed by atoms with Gasteiger partial charge in [0, 0.05) is 17.5 Å². The molecule has 10 heteroatoms. The quantitative estimate of drug-likeness (QED) is 0.585. The molecular weight excluding hydrogens is 412 g/mol. The number of nitrogens with two attached hydrogens (primary N) is 1. The Morgan fingerprint density at radius 2 is 2.17 bits per heavy atom. The zero-order chi connectivity index (χ0) is 21.7. The van der Waals surface area contributed by atoms with Crippen molar-refractivity contribution >= 4 is 28.3 Å². The molecule has 0 unspecified atom stereocenters. The lowest BCUT2D eigenvalue weighted by molar-refractivity contribution is -0.131. The van der Waals surface area contributed by atoms with E-state index in [0.717, 1.165) is 42.9 Å². The minimum Gasteiger partial charge on any atom is -0.375 e. The number of nitrogen functional groups attached to an aromatic ring is 1.